The van der Waals surface area contributed by atoms with E-state index in [1.807, 2.05) is 47.7 Å². The van der Waals surface area contributed by atoms with Gasteiger partial charge >= 0.3 is 12.2 Å². The van der Waals surface area contributed by atoms with Crippen molar-refractivity contribution in [1.82, 2.24) is 29.7 Å². The molecule has 3 fully saturated rings. The van der Waals surface area contributed by atoms with Gasteiger partial charge in [0.05, 0.1) is 48.6 Å². The monoisotopic (exact) mass is 710 g/mol. The Labute approximate surface area is 305 Å². The highest BCUT2D eigenvalue weighted by Gasteiger charge is 2.37. The van der Waals surface area contributed by atoms with Crippen molar-refractivity contribution in [3.63, 3.8) is 0 Å². The number of nitrogens with zero attached hydrogens (tertiary/aromatic N) is 4. The number of carbonyl (C=O) groups is 2. The van der Waals surface area contributed by atoms with E-state index >= 15 is 0 Å². The molecule has 4 aromatic rings. The first-order valence-corrected chi connectivity index (χ1v) is 18.4. The third kappa shape index (κ3) is 8.03. The fourth-order valence-corrected chi connectivity index (χ4v) is 7.16. The zero-order valence-electron chi connectivity index (χ0n) is 31.0. The van der Waals surface area contributed by atoms with Crippen LogP contribution in [0, 0.1) is 0 Å². The summed E-state index contributed by atoms with van der Waals surface area (Å²) in [5, 5.41) is 0. The molecule has 0 bridgehead atoms. The van der Waals surface area contributed by atoms with E-state index in [1.54, 1.807) is 9.80 Å². The highest BCUT2D eigenvalue weighted by molar-refractivity contribution is 5.73. The van der Waals surface area contributed by atoms with Gasteiger partial charge in [-0.25, -0.2) is 19.6 Å². The maximum Gasteiger partial charge on any atom is 0.410 e. The summed E-state index contributed by atoms with van der Waals surface area (Å²) in [5.41, 5.74) is 5.69. The zero-order chi connectivity index (χ0) is 36.6. The van der Waals surface area contributed by atoms with Crippen LogP contribution in [-0.2, 0) is 25.4 Å². The molecular weight excluding hydrogens is 660 g/mol. The molecule has 2 atom stereocenters. The molecule has 0 unspecified atom stereocenters. The van der Waals surface area contributed by atoms with Crippen LogP contribution in [0.2, 0.25) is 0 Å². The van der Waals surface area contributed by atoms with E-state index in [0.29, 0.717) is 32.7 Å². The normalized spacial score (nSPS) is 19.8. The molecule has 7 rings (SSSR count). The first kappa shape index (κ1) is 35.7. The van der Waals surface area contributed by atoms with Crippen molar-refractivity contribution in [2.45, 2.75) is 103 Å². The average molecular weight is 711 g/mol. The Kier molecular flexibility index (Phi) is 9.88. The van der Waals surface area contributed by atoms with Gasteiger partial charge in [-0.2, -0.15) is 0 Å². The third-order valence-electron chi connectivity index (χ3n) is 9.54. The predicted octanol–water partition coefficient (Wildman–Crippen LogP) is 8.19. The second kappa shape index (κ2) is 14.4. The quantitative estimate of drug-likeness (QED) is 0.196. The molecule has 276 valence electrons. The number of H-pyrrole nitrogens is 2. The predicted molar refractivity (Wildman–Crippen MR) is 196 cm³/mol. The molecule has 12 nitrogen and oxygen atoms in total. The van der Waals surface area contributed by atoms with Crippen LogP contribution in [0.25, 0.3) is 33.6 Å². The molecule has 5 heterocycles. The first-order chi connectivity index (χ1) is 24.8. The lowest BCUT2D eigenvalue weighted by Crippen LogP contribution is -2.36. The average Bonchev–Trinajstić information content (AvgIpc) is 3.93. The number of amides is 2. The van der Waals surface area contributed by atoms with Crippen LogP contribution in [0.1, 0.15) is 96.7 Å². The van der Waals surface area contributed by atoms with Crippen molar-refractivity contribution in [2.24, 2.45) is 0 Å². The zero-order valence-corrected chi connectivity index (χ0v) is 31.0. The van der Waals surface area contributed by atoms with Crippen LogP contribution >= 0.6 is 0 Å². The summed E-state index contributed by atoms with van der Waals surface area (Å²) in [7, 11) is 0. The Morgan fingerprint density at radius 1 is 0.731 bits per heavy atom. The molecule has 52 heavy (non-hydrogen) atoms. The minimum absolute atomic E-state index is 0.131. The van der Waals surface area contributed by atoms with E-state index < -0.39 is 11.2 Å². The number of likely N-dealkylation sites (tertiary alicyclic amines) is 2. The molecule has 0 radical (unpaired) electrons. The maximum atomic E-state index is 13.1. The number of imidazole rings is 2. The van der Waals surface area contributed by atoms with Crippen molar-refractivity contribution >= 4 is 12.2 Å². The molecule has 2 aromatic heterocycles. The van der Waals surface area contributed by atoms with E-state index in [1.165, 1.54) is 0 Å². The number of carbonyl (C=O) groups excluding carboxylic acids is 2. The molecule has 3 saturated heterocycles. The van der Waals surface area contributed by atoms with Gasteiger partial charge in [0.15, 0.2) is 6.29 Å². The van der Waals surface area contributed by atoms with Crippen molar-refractivity contribution in [3.05, 3.63) is 72.1 Å². The van der Waals surface area contributed by atoms with Crippen molar-refractivity contribution in [2.75, 3.05) is 26.3 Å². The summed E-state index contributed by atoms with van der Waals surface area (Å²) < 4.78 is 22.9. The number of hydrogen-bond donors (Lipinski definition) is 2. The van der Waals surface area contributed by atoms with Crippen LogP contribution < -0.4 is 0 Å². The number of ether oxygens (including phenoxy) is 4. The Morgan fingerprint density at radius 2 is 1.23 bits per heavy atom. The van der Waals surface area contributed by atoms with Gasteiger partial charge in [-0.15, -0.1) is 0 Å². The largest absolute Gasteiger partial charge is 0.444 e. The maximum absolute atomic E-state index is 13.1. The second-order valence-electron chi connectivity index (χ2n) is 15.8. The summed E-state index contributed by atoms with van der Waals surface area (Å²) in [4.78, 5) is 46.2. The lowest BCUT2D eigenvalue weighted by Gasteiger charge is -2.27. The highest BCUT2D eigenvalue weighted by Crippen LogP contribution is 2.36. The van der Waals surface area contributed by atoms with Gasteiger partial charge in [0.2, 0.25) is 0 Å². The number of nitrogens with one attached hydrogen (secondary N) is 2. The van der Waals surface area contributed by atoms with Crippen molar-refractivity contribution in [3.8, 4) is 33.6 Å². The first-order valence-electron chi connectivity index (χ1n) is 18.4. The summed E-state index contributed by atoms with van der Waals surface area (Å²) in [6.45, 7) is 13.7. The number of rotatable bonds is 7. The van der Waals surface area contributed by atoms with E-state index in [0.717, 1.165) is 76.7 Å². The summed E-state index contributed by atoms with van der Waals surface area (Å²) in [6, 6.07) is 16.5. The van der Waals surface area contributed by atoms with E-state index in [-0.39, 0.29) is 30.6 Å². The molecular formula is C40H50N6O6. The number of hydrogen-bond acceptors (Lipinski definition) is 8. The fraction of sp³-hybridized carbons (Fsp3) is 0.500. The highest BCUT2D eigenvalue weighted by atomic mass is 16.7. The summed E-state index contributed by atoms with van der Waals surface area (Å²) >= 11 is 0. The number of aromatic amines is 2. The Morgan fingerprint density at radius 3 is 1.77 bits per heavy atom. The molecule has 0 aliphatic carbocycles. The third-order valence-corrected chi connectivity index (χ3v) is 9.54. The smallest absolute Gasteiger partial charge is 0.410 e. The van der Waals surface area contributed by atoms with E-state index in [9.17, 15) is 9.59 Å². The fourth-order valence-electron chi connectivity index (χ4n) is 7.16. The Bertz CT molecular complexity index is 1860. The molecule has 3 aliphatic rings. The van der Waals surface area contributed by atoms with Gasteiger partial charge in [0.1, 0.15) is 22.9 Å². The summed E-state index contributed by atoms with van der Waals surface area (Å²) in [5.74, 6) is 1.52. The van der Waals surface area contributed by atoms with Crippen LogP contribution in [0.15, 0.2) is 54.7 Å². The van der Waals surface area contributed by atoms with Crippen LogP contribution in [0.3, 0.4) is 0 Å². The van der Waals surface area contributed by atoms with E-state index in [4.69, 9.17) is 23.9 Å². The number of benzene rings is 2. The minimum Gasteiger partial charge on any atom is -0.444 e. The van der Waals surface area contributed by atoms with Crippen LogP contribution in [0.5, 0.6) is 0 Å². The SMILES string of the molecule is CC(C)(C)OC(=O)N1CCC[C@H]1c1ncc(-c2ccc(-c3ccc(-c4[nH]c([C@@H]5CCCN5C(=O)OC(C)(C)C)nc4CC4OCCO4)cc3)cc2)[nH]1. The minimum atomic E-state index is -0.576. The topological polar surface area (TPSA) is 135 Å². The molecule has 3 aliphatic heterocycles. The van der Waals surface area contributed by atoms with Crippen molar-refractivity contribution in [1.29, 1.82) is 0 Å². The van der Waals surface area contributed by atoms with Crippen LogP contribution in [0.4, 0.5) is 9.59 Å². The van der Waals surface area contributed by atoms with Gasteiger partial charge in [0, 0.05) is 19.5 Å². The van der Waals surface area contributed by atoms with Crippen molar-refractivity contribution < 1.29 is 28.5 Å². The standard InChI is InChI=1S/C40H50N6O6/c1-39(2,3)51-37(47)45-19-7-9-31(45)35-41-24-30(43-35)27-15-11-25(12-16-27)26-13-17-28(18-14-26)34-29(23-33-49-21-22-50-33)42-36(44-34)32-10-8-20-46(32)38(48)52-40(4,5)6/h11-18,24,31-33H,7-10,19-23H2,1-6H3,(H,41,43)(H,42,44)/t31-,32-/m0/s1. The lowest BCUT2D eigenvalue weighted by atomic mass is 10.0. The molecule has 0 spiro atoms. The van der Waals surface area contributed by atoms with Crippen LogP contribution in [-0.4, -0.2) is 85.7 Å². The summed E-state index contributed by atoms with van der Waals surface area (Å²) in [6.07, 6.45) is 4.80. The molecule has 2 amide bonds. The van der Waals surface area contributed by atoms with Gasteiger partial charge < -0.3 is 28.9 Å². The van der Waals surface area contributed by atoms with Gasteiger partial charge in [-0.1, -0.05) is 48.5 Å². The van der Waals surface area contributed by atoms with Gasteiger partial charge in [-0.05, 0) is 89.5 Å². The molecule has 12 heteroatoms. The molecule has 2 aromatic carbocycles. The molecule has 2 N–H and O–H groups in total. The second-order valence-corrected chi connectivity index (χ2v) is 15.8. The lowest BCUT2D eigenvalue weighted by molar-refractivity contribution is -0.0405. The van der Waals surface area contributed by atoms with E-state index in [2.05, 4.69) is 63.5 Å². The number of aromatic nitrogens is 4. The van der Waals surface area contributed by atoms with Gasteiger partial charge in [-0.3, -0.25) is 9.80 Å². The Hall–Kier alpha value is -4.68. The Balaban J connectivity index is 1.07. The van der Waals surface area contributed by atoms with Gasteiger partial charge in [0.25, 0.3) is 0 Å². The molecule has 0 saturated carbocycles.